The maximum Gasteiger partial charge on any atom is 0.168 e. The molecule has 0 heterocycles. The molecule has 0 spiro atoms. The summed E-state index contributed by atoms with van der Waals surface area (Å²) in [6, 6.07) is 10.3. The van der Waals surface area contributed by atoms with Gasteiger partial charge in [-0.05, 0) is 30.0 Å². The van der Waals surface area contributed by atoms with Crippen LogP contribution in [0, 0.1) is 5.82 Å². The molecule has 3 nitrogen and oxygen atoms in total. The third-order valence-electron chi connectivity index (χ3n) is 3.57. The predicted octanol–water partition coefficient (Wildman–Crippen LogP) is 4.72. The normalized spacial score (nSPS) is 12.0. The molecule has 2 aromatic rings. The first-order valence-corrected chi connectivity index (χ1v) is 6.96. The van der Waals surface area contributed by atoms with Crippen LogP contribution in [0.15, 0.2) is 36.4 Å². The van der Waals surface area contributed by atoms with E-state index in [1.165, 1.54) is 24.8 Å². The predicted molar refractivity (Wildman–Crippen MR) is 82.6 cm³/mol. The van der Waals surface area contributed by atoms with Crippen LogP contribution in [0.3, 0.4) is 0 Å². The first kappa shape index (κ1) is 15.2. The summed E-state index contributed by atoms with van der Waals surface area (Å²) in [5.41, 5.74) is 7.12. The Morgan fingerprint density at radius 2 is 1.81 bits per heavy atom. The lowest BCUT2D eigenvalue weighted by Gasteiger charge is -2.12. The summed E-state index contributed by atoms with van der Waals surface area (Å²) >= 11 is 0. The maximum atomic E-state index is 13.9. The average molecular weight is 289 g/mol. The monoisotopic (exact) mass is 289 g/mol. The molecule has 1 unspecified atom stereocenters. The van der Waals surface area contributed by atoms with E-state index in [-0.39, 0.29) is 11.4 Å². The van der Waals surface area contributed by atoms with Crippen molar-refractivity contribution in [3.63, 3.8) is 0 Å². The van der Waals surface area contributed by atoms with E-state index >= 15 is 0 Å². The van der Waals surface area contributed by atoms with E-state index in [0.29, 0.717) is 17.4 Å². The number of halogens is 1. The second kappa shape index (κ2) is 6.48. The smallest absolute Gasteiger partial charge is 0.168 e. The zero-order valence-electron chi connectivity index (χ0n) is 12.5. The molecule has 0 saturated heterocycles. The summed E-state index contributed by atoms with van der Waals surface area (Å²) in [5, 5.41) is 0. The third kappa shape index (κ3) is 3.45. The van der Waals surface area contributed by atoms with Crippen molar-refractivity contribution in [2.45, 2.75) is 26.2 Å². The average Bonchev–Trinajstić information content (AvgIpc) is 2.50. The van der Waals surface area contributed by atoms with E-state index in [1.54, 1.807) is 0 Å². The lowest BCUT2D eigenvalue weighted by atomic mass is 9.99. The number of benzene rings is 2. The van der Waals surface area contributed by atoms with Crippen LogP contribution in [-0.4, -0.2) is 7.11 Å². The van der Waals surface area contributed by atoms with E-state index in [2.05, 4.69) is 13.8 Å². The third-order valence-corrected chi connectivity index (χ3v) is 3.57. The van der Waals surface area contributed by atoms with Crippen molar-refractivity contribution in [2.24, 2.45) is 0 Å². The first-order chi connectivity index (χ1) is 10.0. The lowest BCUT2D eigenvalue weighted by molar-refractivity contribution is 0.403. The second-order valence-electron chi connectivity index (χ2n) is 5.00. The van der Waals surface area contributed by atoms with E-state index < -0.39 is 5.82 Å². The summed E-state index contributed by atoms with van der Waals surface area (Å²) in [6.45, 7) is 4.31. The van der Waals surface area contributed by atoms with Gasteiger partial charge in [0.2, 0.25) is 0 Å². The number of anilines is 1. The van der Waals surface area contributed by atoms with Crippen LogP contribution >= 0.6 is 0 Å². The van der Waals surface area contributed by atoms with Crippen LogP contribution in [0.2, 0.25) is 0 Å². The largest absolute Gasteiger partial charge is 0.494 e. The second-order valence-corrected chi connectivity index (χ2v) is 5.00. The number of nitrogens with two attached hydrogens (primary N) is 1. The Bertz CT molecular complexity index is 611. The zero-order chi connectivity index (χ0) is 15.4. The van der Waals surface area contributed by atoms with Gasteiger partial charge in [-0.1, -0.05) is 26.0 Å². The fourth-order valence-electron chi connectivity index (χ4n) is 2.03. The van der Waals surface area contributed by atoms with Crippen LogP contribution in [0.1, 0.15) is 31.7 Å². The van der Waals surface area contributed by atoms with Gasteiger partial charge in [0.15, 0.2) is 11.6 Å². The topological polar surface area (TPSA) is 44.5 Å². The number of hydrogen-bond donors (Lipinski definition) is 1. The molecule has 2 aromatic carbocycles. The summed E-state index contributed by atoms with van der Waals surface area (Å²) in [5.74, 6) is 1.04. The van der Waals surface area contributed by atoms with Gasteiger partial charge in [0, 0.05) is 12.1 Å². The number of hydrogen-bond acceptors (Lipinski definition) is 3. The minimum absolute atomic E-state index is 0.0948. The molecule has 1 atom stereocenters. The standard InChI is InChI=1S/C17H20FNO2/c1-4-11(2)12-5-7-13(8-6-12)21-16-10-17(20-3)15(19)9-14(16)18/h5-11H,4,19H2,1-3H3. The van der Waals surface area contributed by atoms with Crippen LogP contribution in [0.4, 0.5) is 10.1 Å². The minimum atomic E-state index is -0.515. The van der Waals surface area contributed by atoms with Crippen molar-refractivity contribution < 1.29 is 13.9 Å². The van der Waals surface area contributed by atoms with Crippen molar-refractivity contribution in [2.75, 3.05) is 12.8 Å². The molecule has 0 aliphatic carbocycles. The summed E-state index contributed by atoms with van der Waals surface area (Å²) < 4.78 is 24.5. The van der Waals surface area contributed by atoms with Gasteiger partial charge in [-0.15, -0.1) is 0 Å². The molecular formula is C17H20FNO2. The molecule has 4 heteroatoms. The van der Waals surface area contributed by atoms with Crippen molar-refractivity contribution in [1.29, 1.82) is 0 Å². The van der Waals surface area contributed by atoms with Crippen LogP contribution in [-0.2, 0) is 0 Å². The van der Waals surface area contributed by atoms with Crippen molar-refractivity contribution >= 4 is 5.69 Å². The fourth-order valence-corrected chi connectivity index (χ4v) is 2.03. The Hall–Kier alpha value is -2.23. The number of methoxy groups -OCH3 is 1. The van der Waals surface area contributed by atoms with Gasteiger partial charge in [0.1, 0.15) is 11.5 Å². The molecule has 0 aliphatic heterocycles. The van der Waals surface area contributed by atoms with Gasteiger partial charge >= 0.3 is 0 Å². The van der Waals surface area contributed by atoms with Gasteiger partial charge < -0.3 is 15.2 Å². The molecule has 112 valence electrons. The van der Waals surface area contributed by atoms with Crippen molar-refractivity contribution in [3.05, 3.63) is 47.8 Å². The minimum Gasteiger partial charge on any atom is -0.494 e. The molecule has 21 heavy (non-hydrogen) atoms. The van der Waals surface area contributed by atoms with E-state index in [1.807, 2.05) is 24.3 Å². The highest BCUT2D eigenvalue weighted by atomic mass is 19.1. The van der Waals surface area contributed by atoms with Crippen LogP contribution < -0.4 is 15.2 Å². The first-order valence-electron chi connectivity index (χ1n) is 6.96. The highest BCUT2D eigenvalue weighted by Crippen LogP contribution is 2.33. The molecule has 0 saturated carbocycles. The number of nitrogen functional groups attached to an aromatic ring is 1. The Kier molecular flexibility index (Phi) is 4.68. The van der Waals surface area contributed by atoms with Gasteiger partial charge in [-0.2, -0.15) is 0 Å². The van der Waals surface area contributed by atoms with E-state index in [0.717, 1.165) is 6.42 Å². The Morgan fingerprint density at radius 3 is 2.38 bits per heavy atom. The van der Waals surface area contributed by atoms with Gasteiger partial charge in [-0.3, -0.25) is 0 Å². The number of ether oxygens (including phenoxy) is 2. The zero-order valence-corrected chi connectivity index (χ0v) is 12.5. The molecule has 2 N–H and O–H groups in total. The molecule has 0 radical (unpaired) electrons. The maximum absolute atomic E-state index is 13.9. The SMILES string of the molecule is CCC(C)c1ccc(Oc2cc(OC)c(N)cc2F)cc1. The Morgan fingerprint density at radius 1 is 1.14 bits per heavy atom. The molecule has 0 fully saturated rings. The molecule has 2 rings (SSSR count). The quantitative estimate of drug-likeness (QED) is 0.810. The Labute approximate surface area is 124 Å². The molecule has 0 bridgehead atoms. The highest BCUT2D eigenvalue weighted by Gasteiger charge is 2.11. The van der Waals surface area contributed by atoms with Gasteiger partial charge in [-0.25, -0.2) is 4.39 Å². The summed E-state index contributed by atoms with van der Waals surface area (Å²) in [6.07, 6.45) is 1.07. The summed E-state index contributed by atoms with van der Waals surface area (Å²) in [4.78, 5) is 0. The van der Waals surface area contributed by atoms with Crippen molar-refractivity contribution in [1.82, 2.24) is 0 Å². The lowest BCUT2D eigenvalue weighted by Crippen LogP contribution is -1.96. The Balaban J connectivity index is 2.22. The molecule has 0 aromatic heterocycles. The number of rotatable bonds is 5. The molecule has 0 amide bonds. The fraction of sp³-hybridized carbons (Fsp3) is 0.294. The van der Waals surface area contributed by atoms with Crippen LogP contribution in [0.25, 0.3) is 0 Å². The van der Waals surface area contributed by atoms with E-state index in [4.69, 9.17) is 15.2 Å². The van der Waals surface area contributed by atoms with Crippen LogP contribution in [0.5, 0.6) is 17.2 Å². The highest BCUT2D eigenvalue weighted by molar-refractivity contribution is 5.56. The summed E-state index contributed by atoms with van der Waals surface area (Å²) in [7, 11) is 1.48. The molecule has 0 aliphatic rings. The van der Waals surface area contributed by atoms with Gasteiger partial charge in [0.25, 0.3) is 0 Å². The van der Waals surface area contributed by atoms with E-state index in [9.17, 15) is 4.39 Å². The van der Waals surface area contributed by atoms with Gasteiger partial charge in [0.05, 0.1) is 12.8 Å². The van der Waals surface area contributed by atoms with Crippen molar-refractivity contribution in [3.8, 4) is 17.2 Å². The molecular weight excluding hydrogens is 269 g/mol.